The van der Waals surface area contributed by atoms with Gasteiger partial charge in [-0.3, -0.25) is 4.79 Å². The van der Waals surface area contributed by atoms with E-state index in [-0.39, 0.29) is 25.6 Å². The van der Waals surface area contributed by atoms with E-state index in [1.807, 2.05) is 24.3 Å². The van der Waals surface area contributed by atoms with Gasteiger partial charge in [-0.15, -0.1) is 0 Å². The van der Waals surface area contributed by atoms with E-state index in [1.165, 1.54) is 9.80 Å². The van der Waals surface area contributed by atoms with Crippen molar-refractivity contribution >= 4 is 34.6 Å². The molecule has 6 nitrogen and oxygen atoms in total. The third kappa shape index (κ3) is 6.89. The van der Waals surface area contributed by atoms with Crippen LogP contribution in [-0.4, -0.2) is 60.7 Å². The van der Waals surface area contributed by atoms with E-state index in [9.17, 15) is 14.7 Å². The van der Waals surface area contributed by atoms with Crippen LogP contribution in [0, 0.1) is 3.57 Å². The molecule has 0 aliphatic heterocycles. The molecule has 0 aromatic heterocycles. The van der Waals surface area contributed by atoms with Gasteiger partial charge >= 0.3 is 6.09 Å². The number of hydrogen-bond acceptors (Lipinski definition) is 3. The Hall–Kier alpha value is -1.77. The first-order chi connectivity index (χ1) is 10.8. The van der Waals surface area contributed by atoms with Crippen molar-refractivity contribution in [3.05, 3.63) is 39.5 Å². The highest BCUT2D eigenvalue weighted by Crippen LogP contribution is 2.13. The Bertz CT molecular complexity index is 570. The van der Waals surface area contributed by atoms with Crippen LogP contribution >= 0.6 is 22.6 Å². The van der Waals surface area contributed by atoms with Crippen LogP contribution in [0.3, 0.4) is 0 Å². The molecule has 2 amide bonds. The van der Waals surface area contributed by atoms with Crippen molar-refractivity contribution in [2.24, 2.45) is 0 Å². The molecule has 0 unspecified atom stereocenters. The lowest BCUT2D eigenvalue weighted by Crippen LogP contribution is -2.34. The molecule has 0 atom stereocenters. The quantitative estimate of drug-likeness (QED) is 0.532. The summed E-state index contributed by atoms with van der Waals surface area (Å²) in [5.74, 6) is 0.566. The molecule has 23 heavy (non-hydrogen) atoms. The number of ether oxygens (including phenoxy) is 1. The molecule has 0 fully saturated rings. The van der Waals surface area contributed by atoms with Gasteiger partial charge in [-0.1, -0.05) is 6.08 Å². The molecule has 126 valence electrons. The molecule has 0 heterocycles. The van der Waals surface area contributed by atoms with Gasteiger partial charge < -0.3 is 19.6 Å². The van der Waals surface area contributed by atoms with Crippen molar-refractivity contribution < 1.29 is 19.4 Å². The number of halogens is 1. The first kappa shape index (κ1) is 19.3. The zero-order valence-electron chi connectivity index (χ0n) is 13.5. The van der Waals surface area contributed by atoms with Gasteiger partial charge in [0.25, 0.3) is 0 Å². The lowest BCUT2D eigenvalue weighted by molar-refractivity contribution is -0.124. The predicted octanol–water partition coefficient (Wildman–Crippen LogP) is 2.68. The molecule has 0 radical (unpaired) electrons. The SMILES string of the molecule is C/C(=C\CN(CCOc1ccc(I)cc1)C(=O)O)C(=O)N(C)C. The van der Waals surface area contributed by atoms with Crippen molar-refractivity contribution in [2.75, 3.05) is 33.8 Å². The van der Waals surface area contributed by atoms with E-state index in [2.05, 4.69) is 22.6 Å². The fraction of sp³-hybridized carbons (Fsp3) is 0.375. The fourth-order valence-electron chi connectivity index (χ4n) is 1.76. The minimum atomic E-state index is -1.04. The van der Waals surface area contributed by atoms with Crippen LogP contribution in [0.25, 0.3) is 0 Å². The van der Waals surface area contributed by atoms with Gasteiger partial charge in [0, 0.05) is 29.8 Å². The monoisotopic (exact) mass is 432 g/mol. The van der Waals surface area contributed by atoms with Crippen LogP contribution in [0.4, 0.5) is 4.79 Å². The Kier molecular flexibility index (Phi) is 7.87. The minimum Gasteiger partial charge on any atom is -0.492 e. The first-order valence-electron chi connectivity index (χ1n) is 7.06. The van der Waals surface area contributed by atoms with Crippen molar-refractivity contribution in [3.8, 4) is 5.75 Å². The summed E-state index contributed by atoms with van der Waals surface area (Å²) in [7, 11) is 3.31. The normalized spacial score (nSPS) is 11.0. The standard InChI is InChI=1S/C16H21IN2O4/c1-12(15(20)18(2)3)8-9-19(16(21)22)10-11-23-14-6-4-13(17)5-7-14/h4-8H,9-11H2,1-3H3,(H,21,22)/b12-8+. The van der Waals surface area contributed by atoms with Crippen LogP contribution in [0.2, 0.25) is 0 Å². The van der Waals surface area contributed by atoms with Crippen LogP contribution in [0.1, 0.15) is 6.92 Å². The molecule has 0 spiro atoms. The Balaban J connectivity index is 2.52. The van der Waals surface area contributed by atoms with Gasteiger partial charge in [0.2, 0.25) is 5.91 Å². The summed E-state index contributed by atoms with van der Waals surface area (Å²) in [6.45, 7) is 2.30. The van der Waals surface area contributed by atoms with Crippen LogP contribution in [0.15, 0.2) is 35.9 Å². The van der Waals surface area contributed by atoms with Gasteiger partial charge in [0.15, 0.2) is 0 Å². The molecular formula is C16H21IN2O4. The van der Waals surface area contributed by atoms with E-state index in [0.717, 1.165) is 3.57 Å². The van der Waals surface area contributed by atoms with Gasteiger partial charge in [-0.25, -0.2) is 4.79 Å². The average Bonchev–Trinajstić information content (AvgIpc) is 2.50. The summed E-state index contributed by atoms with van der Waals surface area (Å²) in [6, 6.07) is 7.52. The second-order valence-corrected chi connectivity index (χ2v) is 6.36. The predicted molar refractivity (Wildman–Crippen MR) is 96.7 cm³/mol. The largest absolute Gasteiger partial charge is 0.492 e. The Morgan fingerprint density at radius 2 is 1.87 bits per heavy atom. The number of rotatable bonds is 7. The number of nitrogens with zero attached hydrogens (tertiary/aromatic N) is 2. The van der Waals surface area contributed by atoms with Gasteiger partial charge in [-0.05, 0) is 53.8 Å². The maximum atomic E-state index is 11.7. The molecule has 1 N–H and O–H groups in total. The summed E-state index contributed by atoms with van der Waals surface area (Å²) in [5, 5.41) is 9.21. The summed E-state index contributed by atoms with van der Waals surface area (Å²) >= 11 is 2.20. The number of amides is 2. The van der Waals surface area contributed by atoms with Crippen molar-refractivity contribution in [1.29, 1.82) is 0 Å². The Labute approximate surface area is 149 Å². The summed E-state index contributed by atoms with van der Waals surface area (Å²) in [4.78, 5) is 25.6. The molecule has 1 aromatic rings. The zero-order valence-corrected chi connectivity index (χ0v) is 15.6. The topological polar surface area (TPSA) is 70.1 Å². The molecule has 0 bridgehead atoms. The van der Waals surface area contributed by atoms with Gasteiger partial charge in [0.1, 0.15) is 12.4 Å². The van der Waals surface area contributed by atoms with Crippen LogP contribution in [-0.2, 0) is 4.79 Å². The smallest absolute Gasteiger partial charge is 0.407 e. The number of carbonyl (C=O) groups excluding carboxylic acids is 1. The van der Waals surface area contributed by atoms with Crippen LogP contribution < -0.4 is 4.74 Å². The molecule has 0 saturated carbocycles. The summed E-state index contributed by atoms with van der Waals surface area (Å²) < 4.78 is 6.63. The molecular weight excluding hydrogens is 411 g/mol. The number of benzene rings is 1. The second kappa shape index (κ2) is 9.39. The highest BCUT2D eigenvalue weighted by Gasteiger charge is 2.12. The highest BCUT2D eigenvalue weighted by molar-refractivity contribution is 14.1. The zero-order chi connectivity index (χ0) is 17.4. The van der Waals surface area contributed by atoms with E-state index in [4.69, 9.17) is 4.74 Å². The lowest BCUT2D eigenvalue weighted by atomic mass is 10.2. The van der Waals surface area contributed by atoms with E-state index in [1.54, 1.807) is 27.1 Å². The van der Waals surface area contributed by atoms with E-state index in [0.29, 0.717) is 11.3 Å². The van der Waals surface area contributed by atoms with Crippen molar-refractivity contribution in [3.63, 3.8) is 0 Å². The number of hydrogen-bond donors (Lipinski definition) is 1. The molecule has 1 rings (SSSR count). The minimum absolute atomic E-state index is 0.134. The molecule has 0 aliphatic carbocycles. The fourth-order valence-corrected chi connectivity index (χ4v) is 2.12. The number of likely N-dealkylation sites (N-methyl/N-ethyl adjacent to an activating group) is 1. The molecule has 1 aromatic carbocycles. The Morgan fingerprint density at radius 1 is 1.26 bits per heavy atom. The number of carboxylic acid groups (broad SMARTS) is 1. The van der Waals surface area contributed by atoms with Crippen molar-refractivity contribution in [1.82, 2.24) is 9.80 Å². The highest BCUT2D eigenvalue weighted by atomic mass is 127. The lowest BCUT2D eigenvalue weighted by Gasteiger charge is -2.18. The van der Waals surface area contributed by atoms with Gasteiger partial charge in [0.05, 0.1) is 6.54 Å². The van der Waals surface area contributed by atoms with Crippen molar-refractivity contribution in [2.45, 2.75) is 6.92 Å². The molecule has 7 heteroatoms. The van der Waals surface area contributed by atoms with Gasteiger partial charge in [-0.2, -0.15) is 0 Å². The number of carbonyl (C=O) groups is 2. The van der Waals surface area contributed by atoms with Crippen LogP contribution in [0.5, 0.6) is 5.75 Å². The maximum Gasteiger partial charge on any atom is 0.407 e. The summed E-state index contributed by atoms with van der Waals surface area (Å²) in [5.41, 5.74) is 0.514. The molecule has 0 aliphatic rings. The second-order valence-electron chi connectivity index (χ2n) is 5.12. The maximum absolute atomic E-state index is 11.7. The van der Waals surface area contributed by atoms with E-state index < -0.39 is 6.09 Å². The first-order valence-corrected chi connectivity index (χ1v) is 8.13. The van der Waals surface area contributed by atoms with E-state index >= 15 is 0 Å². The Morgan fingerprint density at radius 3 is 2.39 bits per heavy atom. The summed E-state index contributed by atoms with van der Waals surface area (Å²) in [6.07, 6.45) is 0.569. The molecule has 0 saturated heterocycles. The average molecular weight is 432 g/mol. The third-order valence-electron chi connectivity index (χ3n) is 3.08. The third-order valence-corrected chi connectivity index (χ3v) is 3.79.